The maximum absolute atomic E-state index is 12.5. The summed E-state index contributed by atoms with van der Waals surface area (Å²) in [6, 6.07) is 4.05. The minimum absolute atomic E-state index is 0.0280. The van der Waals surface area contributed by atoms with E-state index in [2.05, 4.69) is 20.2 Å². The van der Waals surface area contributed by atoms with E-state index in [9.17, 15) is 4.79 Å². The Bertz CT molecular complexity index is 831. The third kappa shape index (κ3) is 2.61. The van der Waals surface area contributed by atoms with Crippen LogP contribution in [-0.4, -0.2) is 41.0 Å². The molecule has 3 aromatic heterocycles. The second-order valence-corrected chi connectivity index (χ2v) is 7.15. The zero-order chi connectivity index (χ0) is 14.9. The van der Waals surface area contributed by atoms with Crippen LogP contribution in [0.25, 0.3) is 20.7 Å². The summed E-state index contributed by atoms with van der Waals surface area (Å²) in [5, 5.41) is 8.11. The van der Waals surface area contributed by atoms with Crippen LogP contribution in [0.2, 0.25) is 0 Å². The monoisotopic (exact) mass is 332 g/mol. The van der Waals surface area contributed by atoms with Crippen LogP contribution in [-0.2, 0) is 6.54 Å². The normalized spacial score (nSPS) is 16.4. The van der Waals surface area contributed by atoms with Crippen LogP contribution in [0.5, 0.6) is 0 Å². The van der Waals surface area contributed by atoms with E-state index in [0.717, 1.165) is 52.7 Å². The summed E-state index contributed by atoms with van der Waals surface area (Å²) in [5.74, 6) is 0.763. The summed E-state index contributed by atoms with van der Waals surface area (Å²) < 4.78 is 0. The number of fused-ring (bicyclic) bond motifs is 1. The van der Waals surface area contributed by atoms with Gasteiger partial charge in [-0.05, 0) is 11.4 Å². The highest BCUT2D eigenvalue weighted by molar-refractivity contribution is 7.18. The van der Waals surface area contributed by atoms with Crippen LogP contribution < -0.4 is 10.9 Å². The van der Waals surface area contributed by atoms with Gasteiger partial charge in [0, 0.05) is 42.0 Å². The van der Waals surface area contributed by atoms with Gasteiger partial charge in [0.15, 0.2) is 0 Å². The highest BCUT2D eigenvalue weighted by Crippen LogP contribution is 2.33. The van der Waals surface area contributed by atoms with Crippen molar-refractivity contribution in [2.45, 2.75) is 6.54 Å². The number of aromatic amines is 1. The molecule has 22 heavy (non-hydrogen) atoms. The first kappa shape index (κ1) is 14.1. The zero-order valence-corrected chi connectivity index (χ0v) is 13.6. The smallest absolute Gasteiger partial charge is 0.260 e. The molecule has 4 heterocycles. The van der Waals surface area contributed by atoms with Gasteiger partial charge < -0.3 is 10.3 Å². The van der Waals surface area contributed by atoms with Crippen molar-refractivity contribution < 1.29 is 0 Å². The van der Waals surface area contributed by atoms with Crippen molar-refractivity contribution in [1.82, 2.24) is 20.2 Å². The second kappa shape index (κ2) is 5.92. The van der Waals surface area contributed by atoms with Crippen molar-refractivity contribution in [2.24, 2.45) is 0 Å². The molecular formula is C15H16N4OS2. The molecule has 0 amide bonds. The van der Waals surface area contributed by atoms with Crippen molar-refractivity contribution in [2.75, 3.05) is 26.2 Å². The van der Waals surface area contributed by atoms with Crippen molar-refractivity contribution in [3.63, 3.8) is 0 Å². The topological polar surface area (TPSA) is 61.0 Å². The first-order valence-corrected chi connectivity index (χ1v) is 9.04. The maximum Gasteiger partial charge on any atom is 0.260 e. The standard InChI is InChI=1S/C15H16N4OS2/c20-14-13-10(11-2-1-7-21-11)9-22-15(13)18-12(17-14)8-19-5-3-16-4-6-19/h1-2,7,9,16H,3-6,8H2,(H,17,18,20). The fourth-order valence-corrected chi connectivity index (χ4v) is 4.54. The highest BCUT2D eigenvalue weighted by atomic mass is 32.1. The Kier molecular flexibility index (Phi) is 3.79. The molecule has 4 rings (SSSR count). The van der Waals surface area contributed by atoms with E-state index in [1.165, 1.54) is 0 Å². The average molecular weight is 332 g/mol. The first-order valence-electron chi connectivity index (χ1n) is 7.28. The van der Waals surface area contributed by atoms with E-state index in [1.54, 1.807) is 22.7 Å². The van der Waals surface area contributed by atoms with Gasteiger partial charge in [0.1, 0.15) is 10.7 Å². The molecule has 7 heteroatoms. The number of nitrogens with zero attached hydrogens (tertiary/aromatic N) is 2. The number of aromatic nitrogens is 2. The molecule has 114 valence electrons. The van der Waals surface area contributed by atoms with E-state index in [1.807, 2.05) is 22.9 Å². The molecule has 2 N–H and O–H groups in total. The van der Waals surface area contributed by atoms with Gasteiger partial charge >= 0.3 is 0 Å². The number of hydrogen-bond donors (Lipinski definition) is 2. The Morgan fingerprint density at radius 3 is 2.91 bits per heavy atom. The van der Waals surface area contributed by atoms with Crippen LogP contribution in [0.15, 0.2) is 27.7 Å². The van der Waals surface area contributed by atoms with Gasteiger partial charge in [-0.25, -0.2) is 4.98 Å². The van der Waals surface area contributed by atoms with E-state index in [0.29, 0.717) is 6.54 Å². The van der Waals surface area contributed by atoms with Crippen molar-refractivity contribution in [3.05, 3.63) is 39.1 Å². The van der Waals surface area contributed by atoms with E-state index in [4.69, 9.17) is 0 Å². The fraction of sp³-hybridized carbons (Fsp3) is 0.333. The maximum atomic E-state index is 12.5. The fourth-order valence-electron chi connectivity index (χ4n) is 2.76. The van der Waals surface area contributed by atoms with Gasteiger partial charge in [-0.3, -0.25) is 9.69 Å². The largest absolute Gasteiger partial charge is 0.314 e. The lowest BCUT2D eigenvalue weighted by Gasteiger charge is -2.26. The van der Waals surface area contributed by atoms with Gasteiger partial charge in [-0.15, -0.1) is 22.7 Å². The third-order valence-electron chi connectivity index (χ3n) is 3.86. The highest BCUT2D eigenvalue weighted by Gasteiger charge is 2.16. The minimum atomic E-state index is -0.0280. The summed E-state index contributed by atoms with van der Waals surface area (Å²) in [5.41, 5.74) is 0.970. The minimum Gasteiger partial charge on any atom is -0.314 e. The van der Waals surface area contributed by atoms with Crippen molar-refractivity contribution >= 4 is 32.9 Å². The number of nitrogens with one attached hydrogen (secondary N) is 2. The molecule has 1 fully saturated rings. The number of rotatable bonds is 3. The molecule has 1 aliphatic rings. The SMILES string of the molecule is O=c1[nH]c(CN2CCNCC2)nc2scc(-c3cccs3)c12. The van der Waals surface area contributed by atoms with Crippen LogP contribution in [0.4, 0.5) is 0 Å². The summed E-state index contributed by atoms with van der Waals surface area (Å²) >= 11 is 3.20. The molecule has 5 nitrogen and oxygen atoms in total. The summed E-state index contributed by atoms with van der Waals surface area (Å²) in [6.07, 6.45) is 0. The van der Waals surface area contributed by atoms with Gasteiger partial charge in [-0.2, -0.15) is 0 Å². The quantitative estimate of drug-likeness (QED) is 0.771. The molecule has 3 aromatic rings. The van der Waals surface area contributed by atoms with E-state index < -0.39 is 0 Å². The van der Waals surface area contributed by atoms with Gasteiger partial charge in [0.25, 0.3) is 5.56 Å². The van der Waals surface area contributed by atoms with Gasteiger partial charge in [0.2, 0.25) is 0 Å². The number of piperazine rings is 1. The molecule has 0 aromatic carbocycles. The van der Waals surface area contributed by atoms with E-state index in [-0.39, 0.29) is 5.56 Å². The molecule has 0 unspecified atom stereocenters. The van der Waals surface area contributed by atoms with Crippen molar-refractivity contribution in [3.8, 4) is 10.4 Å². The predicted octanol–water partition coefficient (Wildman–Crippen LogP) is 2.12. The molecular weight excluding hydrogens is 316 g/mol. The molecule has 0 aliphatic carbocycles. The third-order valence-corrected chi connectivity index (χ3v) is 5.64. The molecule has 1 saturated heterocycles. The molecule has 0 bridgehead atoms. The first-order chi connectivity index (χ1) is 10.8. The Labute approximate surface area is 135 Å². The van der Waals surface area contributed by atoms with Crippen LogP contribution in [0.1, 0.15) is 5.82 Å². The van der Waals surface area contributed by atoms with E-state index >= 15 is 0 Å². The molecule has 0 saturated carbocycles. The lowest BCUT2D eigenvalue weighted by atomic mass is 10.2. The molecule has 0 spiro atoms. The van der Waals surface area contributed by atoms with Crippen LogP contribution in [0.3, 0.4) is 0 Å². The van der Waals surface area contributed by atoms with Crippen LogP contribution in [0, 0.1) is 0 Å². The number of thiophene rings is 2. The molecule has 0 atom stereocenters. The Morgan fingerprint density at radius 1 is 1.27 bits per heavy atom. The lowest BCUT2D eigenvalue weighted by molar-refractivity contribution is 0.228. The second-order valence-electron chi connectivity index (χ2n) is 5.35. The Balaban J connectivity index is 1.70. The molecule has 1 aliphatic heterocycles. The van der Waals surface area contributed by atoms with Gasteiger partial charge in [-0.1, -0.05) is 6.07 Å². The lowest BCUT2D eigenvalue weighted by Crippen LogP contribution is -2.43. The van der Waals surface area contributed by atoms with Gasteiger partial charge in [0.05, 0.1) is 11.9 Å². The van der Waals surface area contributed by atoms with Crippen molar-refractivity contribution in [1.29, 1.82) is 0 Å². The predicted molar refractivity (Wildman–Crippen MR) is 91.7 cm³/mol. The van der Waals surface area contributed by atoms with Crippen LogP contribution >= 0.6 is 22.7 Å². The summed E-state index contributed by atoms with van der Waals surface area (Å²) in [7, 11) is 0. The summed E-state index contributed by atoms with van der Waals surface area (Å²) in [6.45, 7) is 4.68. The average Bonchev–Trinajstić information content (AvgIpc) is 3.16. The Hall–Kier alpha value is -1.54. The number of hydrogen-bond acceptors (Lipinski definition) is 6. The Morgan fingerprint density at radius 2 is 2.14 bits per heavy atom. The zero-order valence-electron chi connectivity index (χ0n) is 12.0. The number of H-pyrrole nitrogens is 1. The molecule has 0 radical (unpaired) electrons. The summed E-state index contributed by atoms with van der Waals surface area (Å²) in [4.78, 5) is 24.4.